The Morgan fingerprint density at radius 3 is 2.31 bits per heavy atom. The van der Waals surface area contributed by atoms with E-state index in [4.69, 9.17) is 0 Å². The van der Waals surface area contributed by atoms with Gasteiger partial charge in [0.25, 0.3) is 0 Å². The molecule has 0 bridgehead atoms. The maximum absolute atomic E-state index is 11.8. The molecule has 0 aliphatic rings. The average molecular weight is 367 g/mol. The lowest BCUT2D eigenvalue weighted by Gasteiger charge is -2.09. The van der Waals surface area contributed by atoms with Gasteiger partial charge in [0, 0.05) is 8.04 Å². The van der Waals surface area contributed by atoms with Crippen LogP contribution in [0, 0.1) is 3.57 Å². The lowest BCUT2D eigenvalue weighted by molar-refractivity contribution is -0.274. The second-order valence-electron chi connectivity index (χ2n) is 2.15. The molecule has 1 nitrogen and oxygen atoms in total. The standard InChI is InChI=1S/C7H3BrF3IO/c8-4-1-5(12)3-6(2-4)13-7(9,10)11/h1-3H. The second kappa shape index (κ2) is 4.04. The van der Waals surface area contributed by atoms with Crippen LogP contribution in [0.5, 0.6) is 5.75 Å². The molecule has 0 fully saturated rings. The Hall–Kier alpha value is 0.0200. The molecule has 0 aromatic heterocycles. The van der Waals surface area contributed by atoms with Gasteiger partial charge in [-0.3, -0.25) is 0 Å². The van der Waals surface area contributed by atoms with E-state index in [1.165, 1.54) is 12.1 Å². The third-order valence-corrected chi connectivity index (χ3v) is 2.15. The van der Waals surface area contributed by atoms with Crippen molar-refractivity contribution in [3.8, 4) is 5.75 Å². The fourth-order valence-corrected chi connectivity index (χ4v) is 2.26. The Kier molecular flexibility index (Phi) is 3.44. The summed E-state index contributed by atoms with van der Waals surface area (Å²) in [4.78, 5) is 0. The van der Waals surface area contributed by atoms with Crippen molar-refractivity contribution in [3.05, 3.63) is 26.2 Å². The lowest BCUT2D eigenvalue weighted by Crippen LogP contribution is -2.17. The molecule has 0 spiro atoms. The molecule has 0 saturated carbocycles. The van der Waals surface area contributed by atoms with Gasteiger partial charge < -0.3 is 4.74 Å². The predicted molar refractivity (Wildman–Crippen MR) is 53.5 cm³/mol. The SMILES string of the molecule is FC(F)(F)Oc1cc(Br)cc(I)c1. The molecule has 1 aromatic rings. The molecule has 1 rings (SSSR count). The number of benzene rings is 1. The highest BCUT2D eigenvalue weighted by atomic mass is 127. The first-order chi connectivity index (χ1) is 5.87. The third-order valence-electron chi connectivity index (χ3n) is 1.07. The normalized spacial score (nSPS) is 11.5. The van der Waals surface area contributed by atoms with E-state index >= 15 is 0 Å². The average Bonchev–Trinajstić information content (AvgIpc) is 1.78. The van der Waals surface area contributed by atoms with Gasteiger partial charge in [0.05, 0.1) is 0 Å². The van der Waals surface area contributed by atoms with Gasteiger partial charge in [0.2, 0.25) is 0 Å². The van der Waals surface area contributed by atoms with Crippen LogP contribution in [0.25, 0.3) is 0 Å². The minimum absolute atomic E-state index is 0.216. The first kappa shape index (κ1) is 11.1. The van der Waals surface area contributed by atoms with Crippen molar-refractivity contribution < 1.29 is 17.9 Å². The number of alkyl halides is 3. The number of ether oxygens (including phenoxy) is 1. The Labute approximate surface area is 94.5 Å². The zero-order valence-electron chi connectivity index (χ0n) is 6.03. The van der Waals surface area contributed by atoms with E-state index in [1.54, 1.807) is 6.07 Å². The zero-order valence-corrected chi connectivity index (χ0v) is 9.77. The summed E-state index contributed by atoms with van der Waals surface area (Å²) in [5.74, 6) is -0.216. The van der Waals surface area contributed by atoms with Crippen LogP contribution in [-0.4, -0.2) is 6.36 Å². The van der Waals surface area contributed by atoms with Crippen LogP contribution < -0.4 is 4.74 Å². The molecule has 0 heterocycles. The maximum Gasteiger partial charge on any atom is 0.573 e. The highest BCUT2D eigenvalue weighted by molar-refractivity contribution is 14.1. The first-order valence-corrected chi connectivity index (χ1v) is 4.96. The number of halogens is 5. The van der Waals surface area contributed by atoms with Gasteiger partial charge in [-0.05, 0) is 40.8 Å². The molecule has 0 unspecified atom stereocenters. The number of hydrogen-bond donors (Lipinski definition) is 0. The molecule has 0 amide bonds. The van der Waals surface area contributed by atoms with Gasteiger partial charge in [-0.1, -0.05) is 15.9 Å². The summed E-state index contributed by atoms with van der Waals surface area (Å²) >= 11 is 4.97. The van der Waals surface area contributed by atoms with Crippen LogP contribution in [-0.2, 0) is 0 Å². The summed E-state index contributed by atoms with van der Waals surface area (Å²) in [6.07, 6.45) is -4.64. The highest BCUT2D eigenvalue weighted by Gasteiger charge is 2.31. The molecule has 0 radical (unpaired) electrons. The summed E-state index contributed by atoms with van der Waals surface area (Å²) in [5.41, 5.74) is 0. The second-order valence-corrected chi connectivity index (χ2v) is 4.31. The van der Waals surface area contributed by atoms with E-state index in [0.29, 0.717) is 8.04 Å². The van der Waals surface area contributed by atoms with Gasteiger partial charge in [-0.15, -0.1) is 13.2 Å². The van der Waals surface area contributed by atoms with Crippen molar-refractivity contribution in [2.24, 2.45) is 0 Å². The fraction of sp³-hybridized carbons (Fsp3) is 0.143. The predicted octanol–water partition coefficient (Wildman–Crippen LogP) is 3.95. The van der Waals surface area contributed by atoms with Crippen LogP contribution in [0.3, 0.4) is 0 Å². The van der Waals surface area contributed by atoms with E-state index in [1.807, 2.05) is 22.6 Å². The molecule has 0 aliphatic carbocycles. The van der Waals surface area contributed by atoms with Crippen molar-refractivity contribution in [2.45, 2.75) is 6.36 Å². The largest absolute Gasteiger partial charge is 0.573 e. The molecule has 0 N–H and O–H groups in total. The Morgan fingerprint density at radius 1 is 1.23 bits per heavy atom. The molecular weight excluding hydrogens is 364 g/mol. The molecule has 6 heteroatoms. The van der Waals surface area contributed by atoms with Gasteiger partial charge in [0.1, 0.15) is 5.75 Å². The van der Waals surface area contributed by atoms with Crippen LogP contribution in [0.15, 0.2) is 22.7 Å². The van der Waals surface area contributed by atoms with Crippen molar-refractivity contribution in [3.63, 3.8) is 0 Å². The van der Waals surface area contributed by atoms with Crippen LogP contribution in [0.1, 0.15) is 0 Å². The van der Waals surface area contributed by atoms with E-state index < -0.39 is 6.36 Å². The summed E-state index contributed by atoms with van der Waals surface area (Å²) in [6.45, 7) is 0. The smallest absolute Gasteiger partial charge is 0.406 e. The van der Waals surface area contributed by atoms with Gasteiger partial charge in [-0.25, -0.2) is 0 Å². The number of rotatable bonds is 1. The molecule has 13 heavy (non-hydrogen) atoms. The van der Waals surface area contributed by atoms with Crippen LogP contribution in [0.2, 0.25) is 0 Å². The zero-order chi connectivity index (χ0) is 10.1. The minimum atomic E-state index is -4.64. The molecule has 72 valence electrons. The highest BCUT2D eigenvalue weighted by Crippen LogP contribution is 2.27. The lowest BCUT2D eigenvalue weighted by atomic mass is 10.3. The molecular formula is C7H3BrF3IO. The van der Waals surface area contributed by atoms with Crippen molar-refractivity contribution in [1.82, 2.24) is 0 Å². The van der Waals surface area contributed by atoms with Gasteiger partial charge >= 0.3 is 6.36 Å². The Balaban J connectivity index is 2.90. The molecule has 0 atom stereocenters. The summed E-state index contributed by atoms with van der Waals surface area (Å²) in [6, 6.07) is 4.25. The third kappa shape index (κ3) is 4.17. The molecule has 0 aliphatic heterocycles. The maximum atomic E-state index is 11.8. The summed E-state index contributed by atoms with van der Waals surface area (Å²) < 4.78 is 40.2. The Bertz CT molecular complexity index is 293. The molecule has 0 saturated heterocycles. The van der Waals surface area contributed by atoms with E-state index in [9.17, 15) is 13.2 Å². The van der Waals surface area contributed by atoms with Crippen molar-refractivity contribution in [1.29, 1.82) is 0 Å². The Morgan fingerprint density at radius 2 is 1.85 bits per heavy atom. The van der Waals surface area contributed by atoms with Crippen molar-refractivity contribution >= 4 is 38.5 Å². The minimum Gasteiger partial charge on any atom is -0.406 e. The summed E-state index contributed by atoms with van der Waals surface area (Å²) in [7, 11) is 0. The topological polar surface area (TPSA) is 9.23 Å². The van der Waals surface area contributed by atoms with E-state index in [-0.39, 0.29) is 5.75 Å². The fourth-order valence-electron chi connectivity index (χ4n) is 0.721. The van der Waals surface area contributed by atoms with E-state index in [2.05, 4.69) is 20.7 Å². The first-order valence-electron chi connectivity index (χ1n) is 3.09. The quantitative estimate of drug-likeness (QED) is 0.684. The van der Waals surface area contributed by atoms with E-state index in [0.717, 1.165) is 0 Å². The van der Waals surface area contributed by atoms with Crippen molar-refractivity contribution in [2.75, 3.05) is 0 Å². The monoisotopic (exact) mass is 366 g/mol. The van der Waals surface area contributed by atoms with Crippen LogP contribution >= 0.6 is 38.5 Å². The van der Waals surface area contributed by atoms with Gasteiger partial charge in [0.15, 0.2) is 0 Å². The molecule has 1 aromatic carbocycles. The van der Waals surface area contributed by atoms with Crippen LogP contribution in [0.4, 0.5) is 13.2 Å². The number of hydrogen-bond acceptors (Lipinski definition) is 1. The van der Waals surface area contributed by atoms with Gasteiger partial charge in [-0.2, -0.15) is 0 Å². The summed E-state index contributed by atoms with van der Waals surface area (Å²) in [5, 5.41) is 0.